The molecule has 2 nitrogen and oxygen atoms in total. The molecule has 0 amide bonds. The Hall–Kier alpha value is -0.710. The summed E-state index contributed by atoms with van der Waals surface area (Å²) in [6, 6.07) is 4.18. The summed E-state index contributed by atoms with van der Waals surface area (Å²) in [7, 11) is 0. The minimum Gasteiger partial charge on any atom is -0.306 e. The molecule has 0 aromatic carbocycles. The lowest BCUT2D eigenvalue weighted by Crippen LogP contribution is -2.35. The molecule has 4 heteroatoms. The lowest BCUT2D eigenvalue weighted by atomic mass is 10.1. The van der Waals surface area contributed by atoms with Crippen molar-refractivity contribution in [1.29, 1.82) is 0 Å². The molecule has 0 aliphatic heterocycles. The molecule has 0 bridgehead atoms. The summed E-state index contributed by atoms with van der Waals surface area (Å²) >= 11 is 3.46. The van der Waals surface area contributed by atoms with Gasteiger partial charge in [0.25, 0.3) is 0 Å². The Bertz CT molecular complexity index is 438. The molecule has 86 valence electrons. The molecule has 16 heavy (non-hydrogen) atoms. The highest BCUT2D eigenvalue weighted by Gasteiger charge is 2.10. The van der Waals surface area contributed by atoms with Crippen LogP contribution in [0.4, 0.5) is 0 Å². The van der Waals surface area contributed by atoms with Crippen LogP contribution in [0.2, 0.25) is 0 Å². The summed E-state index contributed by atoms with van der Waals surface area (Å²) in [4.78, 5) is 5.88. The fourth-order valence-electron chi connectivity index (χ4n) is 1.26. The van der Waals surface area contributed by atoms with Gasteiger partial charge in [-0.05, 0) is 32.2 Å². The van der Waals surface area contributed by atoms with E-state index in [1.165, 1.54) is 4.88 Å². The molecular weight excluding hydrogens is 236 g/mol. The van der Waals surface area contributed by atoms with Gasteiger partial charge in [-0.15, -0.1) is 22.7 Å². The molecular formula is C12H16N2S2. The number of thiazole rings is 1. The van der Waals surface area contributed by atoms with Crippen molar-refractivity contribution in [3.05, 3.63) is 28.6 Å². The standard InChI is InChI=1S/C12H16N2S2/c1-12(2,3)13-7-9-8-16-11(14-9)10-5-4-6-15-10/h4-6,8,13H,7H2,1-3H3. The molecule has 0 aliphatic rings. The highest BCUT2D eigenvalue weighted by molar-refractivity contribution is 7.20. The molecule has 0 saturated heterocycles. The predicted molar refractivity (Wildman–Crippen MR) is 72.0 cm³/mol. The zero-order valence-electron chi connectivity index (χ0n) is 9.78. The van der Waals surface area contributed by atoms with Gasteiger partial charge in [-0.2, -0.15) is 0 Å². The maximum Gasteiger partial charge on any atom is 0.133 e. The largest absolute Gasteiger partial charge is 0.306 e. The van der Waals surface area contributed by atoms with Crippen molar-refractivity contribution in [1.82, 2.24) is 10.3 Å². The number of thiophene rings is 1. The van der Waals surface area contributed by atoms with Gasteiger partial charge in [0.2, 0.25) is 0 Å². The topological polar surface area (TPSA) is 24.9 Å². The number of rotatable bonds is 3. The number of aromatic nitrogens is 1. The average molecular weight is 252 g/mol. The van der Waals surface area contributed by atoms with Gasteiger partial charge in [-0.3, -0.25) is 0 Å². The van der Waals surface area contributed by atoms with Gasteiger partial charge >= 0.3 is 0 Å². The third-order valence-electron chi connectivity index (χ3n) is 2.08. The molecule has 0 saturated carbocycles. The Balaban J connectivity index is 2.03. The van der Waals surface area contributed by atoms with Crippen LogP contribution in [0.15, 0.2) is 22.9 Å². The predicted octanol–water partition coefficient (Wildman–Crippen LogP) is 3.76. The lowest BCUT2D eigenvalue weighted by molar-refractivity contribution is 0.422. The second-order valence-electron chi connectivity index (χ2n) is 4.72. The molecule has 0 unspecified atom stereocenters. The number of nitrogens with one attached hydrogen (secondary N) is 1. The number of hydrogen-bond donors (Lipinski definition) is 1. The molecule has 1 N–H and O–H groups in total. The van der Waals surface area contributed by atoms with Crippen molar-refractivity contribution in [2.24, 2.45) is 0 Å². The number of hydrogen-bond acceptors (Lipinski definition) is 4. The van der Waals surface area contributed by atoms with Crippen LogP contribution < -0.4 is 5.32 Å². The van der Waals surface area contributed by atoms with E-state index >= 15 is 0 Å². The summed E-state index contributed by atoms with van der Waals surface area (Å²) < 4.78 is 0. The van der Waals surface area contributed by atoms with Crippen molar-refractivity contribution in [2.75, 3.05) is 0 Å². The van der Waals surface area contributed by atoms with Crippen molar-refractivity contribution in [3.63, 3.8) is 0 Å². The minimum absolute atomic E-state index is 0.146. The van der Waals surface area contributed by atoms with Gasteiger partial charge in [0, 0.05) is 17.5 Å². The van der Waals surface area contributed by atoms with Gasteiger partial charge in [0.15, 0.2) is 0 Å². The van der Waals surface area contributed by atoms with E-state index in [9.17, 15) is 0 Å². The summed E-state index contributed by atoms with van der Waals surface area (Å²) in [6.45, 7) is 7.34. The maximum atomic E-state index is 4.62. The second-order valence-corrected chi connectivity index (χ2v) is 6.53. The van der Waals surface area contributed by atoms with Crippen molar-refractivity contribution in [3.8, 4) is 9.88 Å². The zero-order chi connectivity index (χ0) is 11.6. The van der Waals surface area contributed by atoms with E-state index in [1.54, 1.807) is 22.7 Å². The van der Waals surface area contributed by atoms with Crippen LogP contribution in [0.5, 0.6) is 0 Å². The first-order valence-electron chi connectivity index (χ1n) is 5.28. The Labute approximate surface area is 104 Å². The van der Waals surface area contributed by atoms with Crippen molar-refractivity contribution >= 4 is 22.7 Å². The summed E-state index contributed by atoms with van der Waals surface area (Å²) in [5.74, 6) is 0. The monoisotopic (exact) mass is 252 g/mol. The van der Waals surface area contributed by atoms with Gasteiger partial charge in [-0.1, -0.05) is 6.07 Å². The smallest absolute Gasteiger partial charge is 0.133 e. The van der Waals surface area contributed by atoms with Gasteiger partial charge in [-0.25, -0.2) is 4.98 Å². The van der Waals surface area contributed by atoms with E-state index in [1.807, 2.05) is 0 Å². The first-order chi connectivity index (χ1) is 7.54. The Morgan fingerprint density at radius 1 is 1.31 bits per heavy atom. The Morgan fingerprint density at radius 2 is 2.12 bits per heavy atom. The fraction of sp³-hybridized carbons (Fsp3) is 0.417. The number of nitrogens with zero attached hydrogens (tertiary/aromatic N) is 1. The van der Waals surface area contributed by atoms with E-state index in [2.05, 4.69) is 54.0 Å². The van der Waals surface area contributed by atoms with E-state index in [4.69, 9.17) is 0 Å². The van der Waals surface area contributed by atoms with E-state index in [-0.39, 0.29) is 5.54 Å². The molecule has 0 aliphatic carbocycles. The van der Waals surface area contributed by atoms with Gasteiger partial charge in [0.1, 0.15) is 5.01 Å². The lowest BCUT2D eigenvalue weighted by Gasteiger charge is -2.19. The highest BCUT2D eigenvalue weighted by Crippen LogP contribution is 2.27. The highest BCUT2D eigenvalue weighted by atomic mass is 32.1. The van der Waals surface area contributed by atoms with E-state index in [0.29, 0.717) is 0 Å². The molecule has 0 radical (unpaired) electrons. The third-order valence-corrected chi connectivity index (χ3v) is 4.01. The van der Waals surface area contributed by atoms with Gasteiger partial charge in [0.05, 0.1) is 10.6 Å². The molecule has 2 rings (SSSR count). The molecule has 2 heterocycles. The zero-order valence-corrected chi connectivity index (χ0v) is 11.4. The van der Waals surface area contributed by atoms with Crippen molar-refractivity contribution in [2.45, 2.75) is 32.9 Å². The quantitative estimate of drug-likeness (QED) is 0.899. The van der Waals surface area contributed by atoms with Crippen LogP contribution in [-0.4, -0.2) is 10.5 Å². The van der Waals surface area contributed by atoms with Crippen LogP contribution in [0, 0.1) is 0 Å². The summed E-state index contributed by atoms with van der Waals surface area (Å²) in [5, 5.41) is 8.79. The van der Waals surface area contributed by atoms with E-state index in [0.717, 1.165) is 17.2 Å². The Morgan fingerprint density at radius 3 is 2.75 bits per heavy atom. The first kappa shape index (κ1) is 11.8. The summed E-state index contributed by atoms with van der Waals surface area (Å²) in [6.07, 6.45) is 0. The van der Waals surface area contributed by atoms with Crippen LogP contribution >= 0.6 is 22.7 Å². The van der Waals surface area contributed by atoms with Crippen LogP contribution in [0.25, 0.3) is 9.88 Å². The molecule has 0 spiro atoms. The molecule has 0 atom stereocenters. The third kappa shape index (κ3) is 3.14. The van der Waals surface area contributed by atoms with Gasteiger partial charge < -0.3 is 5.32 Å². The first-order valence-corrected chi connectivity index (χ1v) is 7.04. The maximum absolute atomic E-state index is 4.62. The van der Waals surface area contributed by atoms with E-state index < -0.39 is 0 Å². The van der Waals surface area contributed by atoms with Crippen LogP contribution in [0.3, 0.4) is 0 Å². The van der Waals surface area contributed by atoms with Crippen LogP contribution in [-0.2, 0) is 6.54 Å². The molecule has 0 fully saturated rings. The summed E-state index contributed by atoms with van der Waals surface area (Å²) in [5.41, 5.74) is 1.27. The van der Waals surface area contributed by atoms with Crippen LogP contribution in [0.1, 0.15) is 26.5 Å². The Kier molecular flexibility index (Phi) is 3.42. The molecule has 2 aromatic rings. The fourth-order valence-corrected chi connectivity index (χ4v) is 2.89. The molecule has 2 aromatic heterocycles. The minimum atomic E-state index is 0.146. The second kappa shape index (κ2) is 4.65. The SMILES string of the molecule is CC(C)(C)NCc1csc(-c2cccs2)n1. The van der Waals surface area contributed by atoms with Crippen molar-refractivity contribution < 1.29 is 0 Å². The average Bonchev–Trinajstić information content (AvgIpc) is 2.84. The normalized spacial score (nSPS) is 11.9.